The minimum Gasteiger partial charge on any atom is -0.370 e. The van der Waals surface area contributed by atoms with Gasteiger partial charge in [0.05, 0.1) is 35.5 Å². The molecule has 1 saturated heterocycles. The lowest BCUT2D eigenvalue weighted by Gasteiger charge is -2.33. The van der Waals surface area contributed by atoms with Crippen LogP contribution in [0.4, 0.5) is 5.69 Å². The summed E-state index contributed by atoms with van der Waals surface area (Å²) in [6.07, 6.45) is 2.90. The summed E-state index contributed by atoms with van der Waals surface area (Å²) in [5, 5.41) is 15.6. The normalized spacial score (nSPS) is 16.6. The molecule has 3 aromatic rings. The number of carbonyl (C=O) groups is 1. The number of nitro benzene ring substituents is 1. The number of nitrogens with zero attached hydrogens (tertiary/aromatic N) is 4. The zero-order valence-corrected chi connectivity index (χ0v) is 16.0. The molecule has 1 amide bonds. The van der Waals surface area contributed by atoms with Gasteiger partial charge in [-0.1, -0.05) is 23.7 Å². The summed E-state index contributed by atoms with van der Waals surface area (Å²) in [6, 6.07) is 13.4. The predicted octanol–water partition coefficient (Wildman–Crippen LogP) is 3.65. The first kappa shape index (κ1) is 19.1. The van der Waals surface area contributed by atoms with Crippen LogP contribution < -0.4 is 0 Å². The van der Waals surface area contributed by atoms with Gasteiger partial charge >= 0.3 is 0 Å². The van der Waals surface area contributed by atoms with E-state index >= 15 is 0 Å². The molecular formula is C20H17ClN4O4. The van der Waals surface area contributed by atoms with Crippen LogP contribution in [0.1, 0.15) is 22.0 Å². The Balaban J connectivity index is 1.48. The topological polar surface area (TPSA) is 90.5 Å². The number of halogens is 1. The number of benzene rings is 2. The number of nitro groups is 1. The lowest BCUT2D eigenvalue weighted by Crippen LogP contribution is -2.42. The predicted molar refractivity (Wildman–Crippen MR) is 106 cm³/mol. The molecule has 1 aromatic heterocycles. The van der Waals surface area contributed by atoms with Crippen LogP contribution in [0.25, 0.3) is 5.69 Å². The summed E-state index contributed by atoms with van der Waals surface area (Å²) >= 11 is 5.94. The summed E-state index contributed by atoms with van der Waals surface area (Å²) in [6.45, 7) is 1.37. The summed E-state index contributed by atoms with van der Waals surface area (Å²) in [5.41, 5.74) is 2.04. The Hall–Kier alpha value is -3.23. The smallest absolute Gasteiger partial charge is 0.269 e. The van der Waals surface area contributed by atoms with Crippen LogP contribution in [0, 0.1) is 10.1 Å². The molecule has 1 fully saturated rings. The minimum atomic E-state index is -0.461. The second kappa shape index (κ2) is 8.02. The van der Waals surface area contributed by atoms with Gasteiger partial charge in [0.1, 0.15) is 6.10 Å². The Bertz CT molecular complexity index is 1030. The van der Waals surface area contributed by atoms with E-state index in [1.165, 1.54) is 23.0 Å². The molecule has 1 atom stereocenters. The van der Waals surface area contributed by atoms with Gasteiger partial charge in [0.2, 0.25) is 0 Å². The average Bonchev–Trinajstić information content (AvgIpc) is 3.24. The van der Waals surface area contributed by atoms with Crippen molar-refractivity contribution < 1.29 is 14.5 Å². The summed E-state index contributed by atoms with van der Waals surface area (Å²) < 4.78 is 7.33. The van der Waals surface area contributed by atoms with Crippen molar-refractivity contribution in [3.63, 3.8) is 0 Å². The van der Waals surface area contributed by atoms with Crippen LogP contribution in [-0.2, 0) is 4.74 Å². The third kappa shape index (κ3) is 4.13. The Kier molecular flexibility index (Phi) is 5.28. The number of morpholine rings is 1. The maximum Gasteiger partial charge on any atom is 0.269 e. The van der Waals surface area contributed by atoms with Gasteiger partial charge in [-0.3, -0.25) is 14.9 Å². The number of carbonyl (C=O) groups excluding carboxylic acids is 1. The van der Waals surface area contributed by atoms with Crippen molar-refractivity contribution in [2.75, 3.05) is 19.7 Å². The average molecular weight is 413 g/mol. The highest BCUT2D eigenvalue weighted by molar-refractivity contribution is 6.30. The molecule has 0 spiro atoms. The van der Waals surface area contributed by atoms with Gasteiger partial charge in [-0.25, -0.2) is 4.68 Å². The van der Waals surface area contributed by atoms with E-state index in [4.69, 9.17) is 16.3 Å². The van der Waals surface area contributed by atoms with Crippen LogP contribution in [0.3, 0.4) is 0 Å². The van der Waals surface area contributed by atoms with E-state index in [9.17, 15) is 14.9 Å². The Morgan fingerprint density at radius 2 is 1.90 bits per heavy atom. The third-order valence-corrected chi connectivity index (χ3v) is 5.00. The van der Waals surface area contributed by atoms with Gasteiger partial charge in [0, 0.05) is 29.9 Å². The zero-order valence-electron chi connectivity index (χ0n) is 15.3. The summed E-state index contributed by atoms with van der Waals surface area (Å²) in [5.74, 6) is -0.138. The van der Waals surface area contributed by atoms with Crippen molar-refractivity contribution in [2.45, 2.75) is 6.10 Å². The Morgan fingerprint density at radius 3 is 2.59 bits per heavy atom. The second-order valence-corrected chi connectivity index (χ2v) is 7.05. The van der Waals surface area contributed by atoms with Crippen molar-refractivity contribution in [2.24, 2.45) is 0 Å². The van der Waals surface area contributed by atoms with E-state index in [2.05, 4.69) is 5.10 Å². The maximum absolute atomic E-state index is 12.9. The molecule has 1 aliphatic rings. The number of rotatable bonds is 4. The van der Waals surface area contributed by atoms with Gasteiger partial charge < -0.3 is 9.64 Å². The lowest BCUT2D eigenvalue weighted by molar-refractivity contribution is -0.384. The van der Waals surface area contributed by atoms with E-state index in [0.29, 0.717) is 36.0 Å². The van der Waals surface area contributed by atoms with Gasteiger partial charge in [-0.2, -0.15) is 5.10 Å². The fourth-order valence-corrected chi connectivity index (χ4v) is 3.32. The number of non-ortho nitro benzene ring substituents is 1. The van der Waals surface area contributed by atoms with Crippen LogP contribution in [0.15, 0.2) is 60.9 Å². The standard InChI is InChI=1S/C20H17ClN4O4/c21-16-3-1-14(2-4-16)19-13-23(9-10-29-19)20(26)15-11-22-24(12-15)17-5-7-18(8-6-17)25(27)28/h1-8,11-12,19H,9-10,13H2. The van der Waals surface area contributed by atoms with Crippen molar-refractivity contribution in [3.05, 3.63) is 87.2 Å². The quantitative estimate of drug-likeness (QED) is 0.482. The molecule has 2 aromatic carbocycles. The molecular weight excluding hydrogens is 396 g/mol. The molecule has 4 rings (SSSR count). The zero-order chi connectivity index (χ0) is 20.4. The lowest BCUT2D eigenvalue weighted by atomic mass is 10.1. The third-order valence-electron chi connectivity index (χ3n) is 4.75. The van der Waals surface area contributed by atoms with Crippen molar-refractivity contribution in [1.82, 2.24) is 14.7 Å². The number of ether oxygens (including phenoxy) is 1. The molecule has 1 aliphatic heterocycles. The molecule has 29 heavy (non-hydrogen) atoms. The molecule has 9 heteroatoms. The monoisotopic (exact) mass is 412 g/mol. The van der Waals surface area contributed by atoms with E-state index in [1.54, 1.807) is 35.4 Å². The van der Waals surface area contributed by atoms with Crippen molar-refractivity contribution in [1.29, 1.82) is 0 Å². The molecule has 0 saturated carbocycles. The van der Waals surface area contributed by atoms with Crippen molar-refractivity contribution >= 4 is 23.2 Å². The number of amides is 1. The van der Waals surface area contributed by atoms with Gasteiger partial charge in [0.25, 0.3) is 11.6 Å². The largest absolute Gasteiger partial charge is 0.370 e. The van der Waals surface area contributed by atoms with E-state index in [1.807, 2.05) is 12.1 Å². The molecule has 148 valence electrons. The maximum atomic E-state index is 12.9. The van der Waals surface area contributed by atoms with Gasteiger partial charge in [-0.15, -0.1) is 0 Å². The van der Waals surface area contributed by atoms with Crippen LogP contribution in [0.2, 0.25) is 5.02 Å². The first-order valence-electron chi connectivity index (χ1n) is 8.97. The fraction of sp³-hybridized carbons (Fsp3) is 0.200. The highest BCUT2D eigenvalue weighted by Crippen LogP contribution is 2.25. The first-order chi connectivity index (χ1) is 14.0. The molecule has 1 unspecified atom stereocenters. The molecule has 2 heterocycles. The van der Waals surface area contributed by atoms with Gasteiger partial charge in [-0.05, 0) is 29.8 Å². The number of hydrogen-bond donors (Lipinski definition) is 0. The van der Waals surface area contributed by atoms with Gasteiger partial charge in [0.15, 0.2) is 0 Å². The van der Waals surface area contributed by atoms with Crippen LogP contribution in [-0.4, -0.2) is 45.2 Å². The number of hydrogen-bond acceptors (Lipinski definition) is 5. The Labute approximate surface area is 171 Å². The van der Waals surface area contributed by atoms with E-state index in [-0.39, 0.29) is 17.7 Å². The molecule has 0 aliphatic carbocycles. The van der Waals surface area contributed by atoms with Crippen LogP contribution in [0.5, 0.6) is 0 Å². The van der Waals surface area contributed by atoms with E-state index < -0.39 is 4.92 Å². The minimum absolute atomic E-state index is 0.00114. The van der Waals surface area contributed by atoms with Crippen LogP contribution >= 0.6 is 11.6 Å². The second-order valence-electron chi connectivity index (χ2n) is 6.61. The summed E-state index contributed by atoms with van der Waals surface area (Å²) in [4.78, 5) is 25.0. The molecule has 8 nitrogen and oxygen atoms in total. The Morgan fingerprint density at radius 1 is 1.17 bits per heavy atom. The highest BCUT2D eigenvalue weighted by atomic mass is 35.5. The first-order valence-corrected chi connectivity index (χ1v) is 9.35. The number of aromatic nitrogens is 2. The molecule has 0 N–H and O–H groups in total. The molecule has 0 radical (unpaired) electrons. The fourth-order valence-electron chi connectivity index (χ4n) is 3.20. The van der Waals surface area contributed by atoms with E-state index in [0.717, 1.165) is 5.56 Å². The van der Waals surface area contributed by atoms with Crippen molar-refractivity contribution in [3.8, 4) is 5.69 Å². The SMILES string of the molecule is O=C(c1cnn(-c2ccc([N+](=O)[O-])cc2)c1)N1CCOC(c2ccc(Cl)cc2)C1. The highest BCUT2D eigenvalue weighted by Gasteiger charge is 2.27. The summed E-state index contributed by atoms with van der Waals surface area (Å²) in [7, 11) is 0. The molecule has 0 bridgehead atoms.